The van der Waals surface area contributed by atoms with Gasteiger partial charge in [-0.2, -0.15) is 13.2 Å². The van der Waals surface area contributed by atoms with Crippen molar-refractivity contribution in [2.75, 3.05) is 18.2 Å². The Labute approximate surface area is 106 Å². The van der Waals surface area contributed by atoms with Gasteiger partial charge < -0.3 is 15.8 Å². The number of methoxy groups -OCH3 is 1. The molecule has 1 aromatic carbocycles. The van der Waals surface area contributed by atoms with Gasteiger partial charge in [0.05, 0.1) is 24.0 Å². The minimum Gasteiger partial charge on any atom is -0.497 e. The summed E-state index contributed by atoms with van der Waals surface area (Å²) < 4.78 is 42.0. The molecule has 0 spiro atoms. The van der Waals surface area contributed by atoms with E-state index in [1.54, 1.807) is 0 Å². The Morgan fingerprint density at radius 1 is 1.32 bits per heavy atom. The van der Waals surface area contributed by atoms with Gasteiger partial charge in [0.25, 0.3) is 5.78 Å². The fraction of sp³-hybridized carbons (Fsp3) is 0.273. The second-order valence-corrected chi connectivity index (χ2v) is 3.64. The van der Waals surface area contributed by atoms with Crippen LogP contribution in [0.4, 0.5) is 24.5 Å². The number of Topliss-reactive ketones (excluding diaryl/α,β-unsaturated/α-hetero) is 1. The van der Waals surface area contributed by atoms with Crippen LogP contribution in [0.15, 0.2) is 12.1 Å². The molecule has 0 saturated heterocycles. The van der Waals surface area contributed by atoms with Crippen molar-refractivity contribution in [1.29, 1.82) is 0 Å². The first-order valence-corrected chi connectivity index (χ1v) is 5.03. The van der Waals surface area contributed by atoms with Gasteiger partial charge in [-0.15, -0.1) is 0 Å². The van der Waals surface area contributed by atoms with Crippen molar-refractivity contribution in [2.24, 2.45) is 0 Å². The summed E-state index contributed by atoms with van der Waals surface area (Å²) in [4.78, 5) is 22.1. The Balaban J connectivity index is 3.39. The number of nitrogens with two attached hydrogens (primary N) is 1. The number of carbonyl (C=O) groups excluding carboxylic acids is 2. The molecule has 0 aliphatic rings. The zero-order valence-electron chi connectivity index (χ0n) is 10.1. The molecular formula is C11H11F3N2O3. The third kappa shape index (κ3) is 3.36. The van der Waals surface area contributed by atoms with Gasteiger partial charge in [-0.25, -0.2) is 0 Å². The van der Waals surface area contributed by atoms with Gasteiger partial charge >= 0.3 is 6.18 Å². The lowest BCUT2D eigenvalue weighted by atomic mass is 10.1. The average molecular weight is 276 g/mol. The largest absolute Gasteiger partial charge is 0.497 e. The number of hydrogen-bond acceptors (Lipinski definition) is 4. The highest BCUT2D eigenvalue weighted by molar-refractivity contribution is 6.08. The van der Waals surface area contributed by atoms with Crippen LogP contribution in [0.25, 0.3) is 0 Å². The first-order valence-electron chi connectivity index (χ1n) is 5.03. The van der Waals surface area contributed by atoms with E-state index < -0.39 is 29.1 Å². The summed E-state index contributed by atoms with van der Waals surface area (Å²) in [5, 5.41) is 2.23. The predicted octanol–water partition coefficient (Wildman–Crippen LogP) is 1.98. The Kier molecular flexibility index (Phi) is 4.03. The number of rotatable bonds is 3. The van der Waals surface area contributed by atoms with Gasteiger partial charge in [0.1, 0.15) is 5.75 Å². The molecule has 0 atom stereocenters. The van der Waals surface area contributed by atoms with Crippen molar-refractivity contribution in [3.8, 4) is 5.75 Å². The van der Waals surface area contributed by atoms with Gasteiger partial charge in [-0.05, 0) is 6.07 Å². The van der Waals surface area contributed by atoms with E-state index in [-0.39, 0.29) is 11.4 Å². The molecule has 0 aliphatic carbocycles. The van der Waals surface area contributed by atoms with Gasteiger partial charge in [0.15, 0.2) is 0 Å². The lowest BCUT2D eigenvalue weighted by Gasteiger charge is -2.14. The van der Waals surface area contributed by atoms with E-state index in [1.807, 2.05) is 0 Å². The molecule has 3 N–H and O–H groups in total. The van der Waals surface area contributed by atoms with E-state index in [4.69, 9.17) is 10.5 Å². The molecule has 1 rings (SSSR count). The van der Waals surface area contributed by atoms with Crippen LogP contribution >= 0.6 is 0 Å². The molecule has 19 heavy (non-hydrogen) atoms. The fourth-order valence-corrected chi connectivity index (χ4v) is 1.38. The number of anilines is 2. The minimum absolute atomic E-state index is 0.0226. The Bertz CT molecular complexity index is 527. The summed E-state index contributed by atoms with van der Waals surface area (Å²) in [6.07, 6.45) is -5.06. The number of ketones is 1. The number of ether oxygens (including phenoxy) is 1. The summed E-state index contributed by atoms with van der Waals surface area (Å²) in [6, 6.07) is 2.10. The summed E-state index contributed by atoms with van der Waals surface area (Å²) in [5.41, 5.74) is 4.12. The van der Waals surface area contributed by atoms with Crippen LogP contribution in [0.3, 0.4) is 0 Å². The highest BCUT2D eigenvalue weighted by Crippen LogP contribution is 2.33. The number of benzene rings is 1. The molecule has 0 heterocycles. The van der Waals surface area contributed by atoms with E-state index in [0.29, 0.717) is 0 Å². The third-order valence-corrected chi connectivity index (χ3v) is 2.20. The Morgan fingerprint density at radius 3 is 2.32 bits per heavy atom. The summed E-state index contributed by atoms with van der Waals surface area (Å²) >= 11 is 0. The molecule has 0 aliphatic heterocycles. The average Bonchev–Trinajstić information content (AvgIpc) is 2.29. The van der Waals surface area contributed by atoms with Crippen LogP contribution in [0, 0.1) is 0 Å². The SMILES string of the molecule is COc1cc(NC(C)=O)c(N)c(C(=O)C(F)(F)F)c1. The van der Waals surface area contributed by atoms with Crippen LogP contribution in [0.5, 0.6) is 5.75 Å². The molecule has 0 bridgehead atoms. The highest BCUT2D eigenvalue weighted by Gasteiger charge is 2.41. The van der Waals surface area contributed by atoms with Crippen molar-refractivity contribution < 1.29 is 27.5 Å². The van der Waals surface area contributed by atoms with Crippen LogP contribution in [0.2, 0.25) is 0 Å². The molecule has 104 valence electrons. The van der Waals surface area contributed by atoms with Gasteiger partial charge in [0, 0.05) is 13.0 Å². The number of hydrogen-bond donors (Lipinski definition) is 2. The maximum atomic E-state index is 12.4. The normalized spacial score (nSPS) is 11.0. The van der Waals surface area contributed by atoms with E-state index >= 15 is 0 Å². The van der Waals surface area contributed by atoms with Crippen molar-refractivity contribution in [1.82, 2.24) is 0 Å². The number of halogens is 3. The number of nitrogens with one attached hydrogen (secondary N) is 1. The standard InChI is InChI=1S/C11H11F3N2O3/c1-5(17)16-8-4-6(19-2)3-7(9(8)15)10(18)11(12,13)14/h3-4H,15H2,1-2H3,(H,16,17). The van der Waals surface area contributed by atoms with Crippen molar-refractivity contribution in [2.45, 2.75) is 13.1 Å². The third-order valence-electron chi connectivity index (χ3n) is 2.20. The maximum Gasteiger partial charge on any atom is 0.454 e. The second kappa shape index (κ2) is 5.17. The number of nitrogen functional groups attached to an aromatic ring is 1. The summed E-state index contributed by atoms with van der Waals surface area (Å²) in [7, 11) is 1.21. The molecule has 0 fully saturated rings. The molecule has 0 radical (unpaired) electrons. The van der Waals surface area contributed by atoms with Gasteiger partial charge in [0.2, 0.25) is 5.91 Å². The monoisotopic (exact) mass is 276 g/mol. The molecular weight excluding hydrogens is 265 g/mol. The molecule has 1 aromatic rings. The quantitative estimate of drug-likeness (QED) is 0.653. The zero-order valence-corrected chi connectivity index (χ0v) is 10.1. The molecule has 1 amide bonds. The minimum atomic E-state index is -5.06. The highest BCUT2D eigenvalue weighted by atomic mass is 19.4. The molecule has 5 nitrogen and oxygen atoms in total. The Morgan fingerprint density at radius 2 is 1.89 bits per heavy atom. The van der Waals surface area contributed by atoms with Gasteiger partial charge in [-0.3, -0.25) is 9.59 Å². The summed E-state index contributed by atoms with van der Waals surface area (Å²) in [5.74, 6) is -2.66. The van der Waals surface area contributed by atoms with Gasteiger partial charge in [-0.1, -0.05) is 0 Å². The van der Waals surface area contributed by atoms with Crippen molar-refractivity contribution in [3.05, 3.63) is 17.7 Å². The number of carbonyl (C=O) groups is 2. The lowest BCUT2D eigenvalue weighted by Crippen LogP contribution is -2.24. The Hall–Kier alpha value is -2.25. The first kappa shape index (κ1) is 14.8. The van der Waals surface area contributed by atoms with Crippen molar-refractivity contribution >= 4 is 23.1 Å². The van der Waals surface area contributed by atoms with Crippen LogP contribution < -0.4 is 15.8 Å². The lowest BCUT2D eigenvalue weighted by molar-refractivity contribution is -0.114. The summed E-state index contributed by atoms with van der Waals surface area (Å²) in [6.45, 7) is 1.16. The van der Waals surface area contributed by atoms with E-state index in [1.165, 1.54) is 13.2 Å². The van der Waals surface area contributed by atoms with E-state index in [2.05, 4.69) is 5.32 Å². The van der Waals surface area contributed by atoms with E-state index in [9.17, 15) is 22.8 Å². The maximum absolute atomic E-state index is 12.4. The fourth-order valence-electron chi connectivity index (χ4n) is 1.38. The molecule has 0 aromatic heterocycles. The van der Waals surface area contributed by atoms with Crippen LogP contribution in [-0.2, 0) is 4.79 Å². The van der Waals surface area contributed by atoms with Crippen LogP contribution in [-0.4, -0.2) is 25.0 Å². The smallest absolute Gasteiger partial charge is 0.454 e. The first-order chi connectivity index (χ1) is 8.66. The predicted molar refractivity (Wildman–Crippen MR) is 62.1 cm³/mol. The molecule has 8 heteroatoms. The second-order valence-electron chi connectivity index (χ2n) is 3.64. The molecule has 0 saturated carbocycles. The number of amides is 1. The zero-order chi connectivity index (χ0) is 14.8. The topological polar surface area (TPSA) is 81.4 Å². The van der Waals surface area contributed by atoms with Crippen LogP contribution in [0.1, 0.15) is 17.3 Å². The number of alkyl halides is 3. The van der Waals surface area contributed by atoms with Crippen molar-refractivity contribution in [3.63, 3.8) is 0 Å². The molecule has 0 unspecified atom stereocenters. The van der Waals surface area contributed by atoms with E-state index in [0.717, 1.165) is 13.0 Å².